The molecule has 0 heterocycles. The smallest absolute Gasteiger partial charge is 0.393 e. The van der Waals surface area contributed by atoms with E-state index in [4.69, 9.17) is 24.7 Å². The quantitative estimate of drug-likeness (QED) is 0.463. The lowest BCUT2D eigenvalue weighted by molar-refractivity contribution is -0.147. The first-order valence-electron chi connectivity index (χ1n) is 4.44. The van der Waals surface area contributed by atoms with E-state index >= 15 is 0 Å². The first-order valence-corrected chi connectivity index (χ1v) is 5.97. The van der Waals surface area contributed by atoms with Gasteiger partial charge in [0.15, 0.2) is 6.10 Å². The van der Waals surface area contributed by atoms with Gasteiger partial charge in [0.05, 0.1) is 6.61 Å². The van der Waals surface area contributed by atoms with Crippen molar-refractivity contribution in [2.45, 2.75) is 20.0 Å². The minimum atomic E-state index is -4.91. The van der Waals surface area contributed by atoms with Crippen molar-refractivity contribution in [1.29, 1.82) is 0 Å². The van der Waals surface area contributed by atoms with Crippen molar-refractivity contribution in [2.24, 2.45) is 0 Å². The Morgan fingerprint density at radius 2 is 1.75 bits per heavy atom. The molecule has 0 aromatic heterocycles. The summed E-state index contributed by atoms with van der Waals surface area (Å²) in [6.07, 6.45) is -1.91. The largest absolute Gasteiger partial charge is 0.527 e. The van der Waals surface area contributed by atoms with Crippen LogP contribution in [-0.4, -0.2) is 51.9 Å². The summed E-state index contributed by atoms with van der Waals surface area (Å²) in [5.41, 5.74) is 0. The molecule has 0 fully saturated rings. The molecule has 16 heavy (non-hydrogen) atoms. The van der Waals surface area contributed by atoms with Crippen molar-refractivity contribution in [3.8, 4) is 0 Å². The molecule has 0 radical (unpaired) electrons. The van der Waals surface area contributed by atoms with Crippen molar-refractivity contribution in [2.75, 3.05) is 19.8 Å². The molecule has 1 unspecified atom stereocenters. The Labute approximate surface area is 93.0 Å². The van der Waals surface area contributed by atoms with Gasteiger partial charge in [0.25, 0.3) is 0 Å². The fourth-order valence-electron chi connectivity index (χ4n) is 0.457. The minimum Gasteiger partial charge on any atom is -0.393 e. The molecular weight excluding hydrogens is 243 g/mol. The van der Waals surface area contributed by atoms with E-state index in [2.05, 4.69) is 4.52 Å². The Balaban J connectivity index is 0. The summed E-state index contributed by atoms with van der Waals surface area (Å²) >= 11 is 0. The fourth-order valence-corrected chi connectivity index (χ4v) is 0.813. The van der Waals surface area contributed by atoms with Crippen molar-refractivity contribution < 1.29 is 38.6 Å². The molecule has 0 aliphatic heterocycles. The van der Waals surface area contributed by atoms with Crippen molar-refractivity contribution in [3.63, 3.8) is 0 Å². The number of phosphoric acid groups is 1. The van der Waals surface area contributed by atoms with E-state index in [0.29, 0.717) is 0 Å². The summed E-state index contributed by atoms with van der Waals surface area (Å²) in [5, 5.41) is 16.5. The number of phosphoric ester groups is 1. The van der Waals surface area contributed by atoms with E-state index in [1.165, 1.54) is 0 Å². The summed E-state index contributed by atoms with van der Waals surface area (Å²) < 4.78 is 18.2. The van der Waals surface area contributed by atoms with Crippen LogP contribution in [0.4, 0.5) is 0 Å². The maximum atomic E-state index is 10.3. The zero-order valence-electron chi connectivity index (χ0n) is 9.07. The second kappa shape index (κ2) is 9.71. The van der Waals surface area contributed by atoms with Crippen LogP contribution in [0.1, 0.15) is 13.8 Å². The van der Waals surface area contributed by atoms with E-state index in [-0.39, 0.29) is 0 Å². The van der Waals surface area contributed by atoms with Gasteiger partial charge < -0.3 is 19.5 Å². The highest BCUT2D eigenvalue weighted by atomic mass is 31.2. The van der Waals surface area contributed by atoms with Gasteiger partial charge in [0.1, 0.15) is 0 Å². The second-order valence-corrected chi connectivity index (χ2v) is 3.54. The molecule has 0 saturated carbocycles. The molecule has 0 saturated heterocycles. The van der Waals surface area contributed by atoms with Crippen LogP contribution < -0.4 is 0 Å². The molecule has 0 aromatic carbocycles. The van der Waals surface area contributed by atoms with Crippen molar-refractivity contribution >= 4 is 13.8 Å². The molecule has 1 atom stereocenters. The van der Waals surface area contributed by atoms with Gasteiger partial charge in [-0.2, -0.15) is 0 Å². The average molecular weight is 260 g/mol. The molecule has 9 heteroatoms. The van der Waals surface area contributed by atoms with Crippen molar-refractivity contribution in [3.05, 3.63) is 0 Å². The average Bonchev–Trinajstić information content (AvgIpc) is 2.16. The first kappa shape index (κ1) is 17.9. The van der Waals surface area contributed by atoms with E-state index in [1.54, 1.807) is 0 Å². The van der Waals surface area contributed by atoms with Crippen LogP contribution in [0, 0.1) is 0 Å². The van der Waals surface area contributed by atoms with Gasteiger partial charge in [0, 0.05) is 13.2 Å². The van der Waals surface area contributed by atoms with Gasteiger partial charge in [-0.3, -0.25) is 9.79 Å². The lowest BCUT2D eigenvalue weighted by atomic mass is 10.4. The van der Waals surface area contributed by atoms with Gasteiger partial charge >= 0.3 is 13.8 Å². The number of carbonyl (C=O) groups is 1. The van der Waals surface area contributed by atoms with Crippen LogP contribution >= 0.6 is 7.82 Å². The molecule has 0 spiro atoms. The van der Waals surface area contributed by atoms with Crippen LogP contribution in [0.5, 0.6) is 0 Å². The summed E-state index contributed by atoms with van der Waals surface area (Å²) in [6.45, 7) is 4.72. The summed E-state index contributed by atoms with van der Waals surface area (Å²) in [7, 11) is -4.91. The number of carbonyl (C=O) groups excluding carboxylic acids is 1. The third-order valence-corrected chi connectivity index (χ3v) is 1.48. The zero-order valence-corrected chi connectivity index (χ0v) is 9.96. The standard InChI is InChI=1S/C4H10O.C3H7O7P/c1-3-5-4-2;4-1-2(5)3(6)10-11(7,8)9/h3-4H2,1-2H3;2,4-5H,1H2,(H2,7,8,9). The van der Waals surface area contributed by atoms with Crippen molar-refractivity contribution in [1.82, 2.24) is 0 Å². The SMILES string of the molecule is CCOCC.O=C(OP(=O)(O)O)C(O)CO. The maximum absolute atomic E-state index is 10.3. The first-order chi connectivity index (χ1) is 7.28. The van der Waals surface area contributed by atoms with E-state index < -0.39 is 26.5 Å². The Bertz CT molecular complexity index is 222. The Hall–Kier alpha value is -0.500. The molecule has 8 nitrogen and oxygen atoms in total. The van der Waals surface area contributed by atoms with Crippen LogP contribution in [0.3, 0.4) is 0 Å². The lowest BCUT2D eigenvalue weighted by Gasteiger charge is -2.07. The maximum Gasteiger partial charge on any atom is 0.527 e. The van der Waals surface area contributed by atoms with Gasteiger partial charge in [-0.1, -0.05) is 0 Å². The highest BCUT2D eigenvalue weighted by Gasteiger charge is 2.25. The Kier molecular flexibility index (Phi) is 10.8. The van der Waals surface area contributed by atoms with Gasteiger partial charge in [-0.05, 0) is 13.8 Å². The monoisotopic (exact) mass is 260 g/mol. The molecule has 0 bridgehead atoms. The Morgan fingerprint density at radius 3 is 1.94 bits per heavy atom. The molecule has 4 N–H and O–H groups in total. The highest BCUT2D eigenvalue weighted by Crippen LogP contribution is 2.36. The molecule has 0 aromatic rings. The molecule has 0 amide bonds. The van der Waals surface area contributed by atoms with E-state index in [0.717, 1.165) is 13.2 Å². The number of ether oxygens (including phenoxy) is 1. The molecule has 98 valence electrons. The normalized spacial score (nSPS) is 12.4. The van der Waals surface area contributed by atoms with Gasteiger partial charge in [-0.15, -0.1) is 0 Å². The predicted octanol–water partition coefficient (Wildman–Crippen LogP) is -0.982. The Morgan fingerprint density at radius 1 is 1.31 bits per heavy atom. The summed E-state index contributed by atoms with van der Waals surface area (Å²) in [6, 6.07) is 0. The summed E-state index contributed by atoms with van der Waals surface area (Å²) in [4.78, 5) is 26.3. The van der Waals surface area contributed by atoms with Crippen LogP contribution in [0.2, 0.25) is 0 Å². The number of aliphatic hydroxyl groups excluding tert-OH is 2. The molecule has 0 aliphatic rings. The number of hydrogen-bond donors (Lipinski definition) is 4. The third-order valence-electron chi connectivity index (χ3n) is 1.06. The highest BCUT2D eigenvalue weighted by molar-refractivity contribution is 7.46. The number of hydrogen-bond acceptors (Lipinski definition) is 6. The van der Waals surface area contributed by atoms with E-state index in [1.807, 2.05) is 13.8 Å². The van der Waals surface area contributed by atoms with E-state index in [9.17, 15) is 9.36 Å². The summed E-state index contributed by atoms with van der Waals surface area (Å²) in [5.74, 6) is -1.55. The molecule has 0 rings (SSSR count). The van der Waals surface area contributed by atoms with Crippen LogP contribution in [0.25, 0.3) is 0 Å². The van der Waals surface area contributed by atoms with Crippen LogP contribution in [0.15, 0.2) is 0 Å². The topological polar surface area (TPSA) is 134 Å². The minimum absolute atomic E-state index is 0.844. The number of aliphatic hydroxyl groups is 2. The third kappa shape index (κ3) is 13.5. The zero-order chi connectivity index (χ0) is 13.2. The van der Waals surface area contributed by atoms with Crippen LogP contribution in [-0.2, 0) is 18.6 Å². The molecular formula is C7H17O8P. The predicted molar refractivity (Wildman–Crippen MR) is 53.4 cm³/mol. The van der Waals surface area contributed by atoms with Gasteiger partial charge in [0.2, 0.25) is 0 Å². The lowest BCUT2D eigenvalue weighted by Crippen LogP contribution is -2.25. The number of rotatable bonds is 5. The second-order valence-electron chi connectivity index (χ2n) is 2.38. The fraction of sp³-hybridized carbons (Fsp3) is 0.857. The molecule has 0 aliphatic carbocycles. The van der Waals surface area contributed by atoms with Gasteiger partial charge in [-0.25, -0.2) is 9.36 Å².